The minimum atomic E-state index is -0.832. The van der Waals surface area contributed by atoms with Crippen LogP contribution in [0.1, 0.15) is 22.7 Å². The summed E-state index contributed by atoms with van der Waals surface area (Å²) < 4.78 is 11.2. The minimum absolute atomic E-state index is 0.0156. The number of hydrogen-bond donors (Lipinski definition) is 1. The summed E-state index contributed by atoms with van der Waals surface area (Å²) in [5.41, 5.74) is 1.93. The average Bonchev–Trinajstić information content (AvgIpc) is 3.14. The first-order chi connectivity index (χ1) is 16.9. The van der Waals surface area contributed by atoms with Crippen LogP contribution in [-0.4, -0.2) is 41.5 Å². The van der Waals surface area contributed by atoms with Gasteiger partial charge in [-0.1, -0.05) is 59.6 Å². The minimum Gasteiger partial charge on any atom is -0.507 e. The largest absolute Gasteiger partial charge is 0.507 e. The number of aliphatic hydroxyl groups excluding tert-OH is 1. The van der Waals surface area contributed by atoms with Crippen LogP contribution < -0.4 is 9.47 Å². The lowest BCUT2D eigenvalue weighted by atomic mass is 9.95. The Morgan fingerprint density at radius 1 is 0.914 bits per heavy atom. The van der Waals surface area contributed by atoms with Gasteiger partial charge in [-0.25, -0.2) is 0 Å². The molecule has 2 heterocycles. The normalized spacial score (nSPS) is 18.7. The molecule has 2 aliphatic heterocycles. The molecule has 0 aliphatic carbocycles. The number of rotatable bonds is 5. The highest BCUT2D eigenvalue weighted by Gasteiger charge is 2.46. The lowest BCUT2D eigenvalue weighted by molar-refractivity contribution is -0.139. The summed E-state index contributed by atoms with van der Waals surface area (Å²) in [5, 5.41) is 11.9. The smallest absolute Gasteiger partial charge is 0.295 e. The van der Waals surface area contributed by atoms with Gasteiger partial charge in [0.05, 0.1) is 21.7 Å². The van der Waals surface area contributed by atoms with Crippen molar-refractivity contribution in [2.24, 2.45) is 0 Å². The predicted octanol–water partition coefficient (Wildman–Crippen LogP) is 5.43. The highest BCUT2D eigenvalue weighted by atomic mass is 35.5. The van der Waals surface area contributed by atoms with Crippen molar-refractivity contribution in [3.8, 4) is 11.5 Å². The molecule has 3 aromatic rings. The Morgan fingerprint density at radius 3 is 2.40 bits per heavy atom. The van der Waals surface area contributed by atoms with Crippen LogP contribution in [0, 0.1) is 0 Å². The summed E-state index contributed by atoms with van der Waals surface area (Å²) in [6.45, 7) is 1.09. The zero-order valence-electron chi connectivity index (χ0n) is 18.5. The molecule has 178 valence electrons. The molecule has 0 spiro atoms. The molecular weight excluding hydrogens is 489 g/mol. The van der Waals surface area contributed by atoms with Gasteiger partial charge in [0.2, 0.25) is 0 Å². The first-order valence-corrected chi connectivity index (χ1v) is 11.9. The number of hydrogen-bond acceptors (Lipinski definition) is 5. The maximum atomic E-state index is 13.2. The van der Waals surface area contributed by atoms with Crippen molar-refractivity contribution in [2.45, 2.75) is 12.5 Å². The summed E-state index contributed by atoms with van der Waals surface area (Å²) >= 11 is 12.4. The zero-order chi connectivity index (χ0) is 24.5. The third-order valence-electron chi connectivity index (χ3n) is 6.10. The molecule has 0 radical (unpaired) electrons. The van der Waals surface area contributed by atoms with Crippen molar-refractivity contribution in [2.75, 3.05) is 19.8 Å². The molecule has 1 atom stereocenters. The number of aliphatic hydroxyl groups is 1. The maximum Gasteiger partial charge on any atom is 0.295 e. The van der Waals surface area contributed by atoms with Crippen LogP contribution in [0.15, 0.2) is 72.3 Å². The van der Waals surface area contributed by atoms with E-state index in [4.69, 9.17) is 32.7 Å². The molecule has 1 unspecified atom stereocenters. The second kappa shape index (κ2) is 9.64. The van der Waals surface area contributed by atoms with Crippen LogP contribution >= 0.6 is 23.2 Å². The molecule has 0 bridgehead atoms. The Labute approximate surface area is 212 Å². The fourth-order valence-electron chi connectivity index (χ4n) is 4.38. The van der Waals surface area contributed by atoms with Crippen molar-refractivity contribution >= 4 is 40.7 Å². The number of ether oxygens (including phenoxy) is 2. The molecule has 0 aromatic heterocycles. The Morgan fingerprint density at radius 2 is 1.66 bits per heavy atom. The van der Waals surface area contributed by atoms with Crippen LogP contribution in [0.2, 0.25) is 10.0 Å². The summed E-state index contributed by atoms with van der Waals surface area (Å²) in [4.78, 5) is 27.9. The van der Waals surface area contributed by atoms with E-state index < -0.39 is 17.7 Å². The number of fused-ring (bicyclic) bond motifs is 1. The van der Waals surface area contributed by atoms with Gasteiger partial charge in [0, 0.05) is 12.1 Å². The molecule has 1 saturated heterocycles. The molecule has 1 N–H and O–H groups in total. The molecular formula is C27H21Cl2NO5. The number of amides is 1. The fourth-order valence-corrected chi connectivity index (χ4v) is 4.69. The average molecular weight is 510 g/mol. The number of benzene rings is 3. The quantitative estimate of drug-likeness (QED) is 0.282. The van der Waals surface area contributed by atoms with E-state index in [1.807, 2.05) is 30.3 Å². The lowest BCUT2D eigenvalue weighted by Crippen LogP contribution is -2.31. The van der Waals surface area contributed by atoms with E-state index in [0.717, 1.165) is 5.56 Å². The number of carbonyl (C=O) groups is 2. The number of Topliss-reactive ketones (excluding diaryl/α,β-unsaturated/α-hetero) is 1. The first-order valence-electron chi connectivity index (χ1n) is 11.1. The van der Waals surface area contributed by atoms with E-state index in [1.54, 1.807) is 36.4 Å². The molecule has 6 nitrogen and oxygen atoms in total. The van der Waals surface area contributed by atoms with Crippen molar-refractivity contribution in [3.05, 3.63) is 99.0 Å². The Hall–Kier alpha value is -3.48. The van der Waals surface area contributed by atoms with Crippen LogP contribution in [0.3, 0.4) is 0 Å². The molecule has 2 aliphatic rings. The van der Waals surface area contributed by atoms with Gasteiger partial charge in [0.25, 0.3) is 11.7 Å². The SMILES string of the molecule is O=C1C(=O)N(CCc2ccccc2)C(c2ccc(Cl)c(Cl)c2)/C1=C(/O)c1ccc2c(c1)OCCO2. The van der Waals surface area contributed by atoms with Crippen LogP contribution in [0.5, 0.6) is 11.5 Å². The Bertz CT molecular complexity index is 1340. The lowest BCUT2D eigenvalue weighted by Gasteiger charge is -2.26. The molecule has 3 aromatic carbocycles. The second-order valence-corrected chi connectivity index (χ2v) is 9.07. The fraction of sp³-hybridized carbons (Fsp3) is 0.185. The molecule has 1 fully saturated rings. The Kier molecular flexibility index (Phi) is 6.41. The van der Waals surface area contributed by atoms with Gasteiger partial charge in [-0.15, -0.1) is 0 Å². The van der Waals surface area contributed by atoms with Crippen molar-refractivity contribution in [1.82, 2.24) is 4.90 Å². The van der Waals surface area contributed by atoms with E-state index in [-0.39, 0.29) is 22.9 Å². The predicted molar refractivity (Wildman–Crippen MR) is 133 cm³/mol. The maximum absolute atomic E-state index is 13.2. The van der Waals surface area contributed by atoms with Crippen LogP contribution in [0.25, 0.3) is 5.76 Å². The highest BCUT2D eigenvalue weighted by Crippen LogP contribution is 2.42. The van der Waals surface area contributed by atoms with Gasteiger partial charge in [-0.05, 0) is 47.9 Å². The van der Waals surface area contributed by atoms with E-state index in [9.17, 15) is 14.7 Å². The highest BCUT2D eigenvalue weighted by molar-refractivity contribution is 6.46. The van der Waals surface area contributed by atoms with E-state index in [0.29, 0.717) is 47.3 Å². The first kappa shape index (κ1) is 23.3. The van der Waals surface area contributed by atoms with Crippen molar-refractivity contribution in [1.29, 1.82) is 0 Å². The van der Waals surface area contributed by atoms with Gasteiger partial charge in [0.1, 0.15) is 19.0 Å². The molecule has 5 rings (SSSR count). The molecule has 0 saturated carbocycles. The van der Waals surface area contributed by atoms with Crippen LogP contribution in [0.4, 0.5) is 0 Å². The van der Waals surface area contributed by atoms with E-state index >= 15 is 0 Å². The molecule has 1 amide bonds. The number of carbonyl (C=O) groups excluding carboxylic acids is 2. The summed E-state index contributed by atoms with van der Waals surface area (Å²) in [5.74, 6) is -0.724. The van der Waals surface area contributed by atoms with Gasteiger partial charge in [-0.2, -0.15) is 0 Å². The Balaban J connectivity index is 1.59. The monoisotopic (exact) mass is 509 g/mol. The second-order valence-electron chi connectivity index (χ2n) is 8.26. The molecule has 35 heavy (non-hydrogen) atoms. The molecule has 8 heteroatoms. The number of nitrogens with zero attached hydrogens (tertiary/aromatic N) is 1. The van der Waals surface area contributed by atoms with E-state index in [1.165, 1.54) is 4.90 Å². The summed E-state index contributed by atoms with van der Waals surface area (Å²) in [7, 11) is 0. The standard InChI is InChI=1S/C27H21Cl2NO5/c28-19-8-6-17(14-20(19)29)24-23(25(31)18-7-9-21-22(15-18)35-13-12-34-21)26(32)27(33)30(24)11-10-16-4-2-1-3-5-16/h1-9,14-15,24,31H,10-13H2/b25-23-. The van der Waals surface area contributed by atoms with Gasteiger partial charge in [0.15, 0.2) is 11.5 Å². The van der Waals surface area contributed by atoms with Gasteiger partial charge in [-0.3, -0.25) is 9.59 Å². The van der Waals surface area contributed by atoms with Gasteiger partial charge >= 0.3 is 0 Å². The number of halogens is 2. The summed E-state index contributed by atoms with van der Waals surface area (Å²) in [6.07, 6.45) is 0.537. The topological polar surface area (TPSA) is 76.1 Å². The van der Waals surface area contributed by atoms with E-state index in [2.05, 4.69) is 0 Å². The summed E-state index contributed by atoms with van der Waals surface area (Å²) in [6, 6.07) is 18.7. The third kappa shape index (κ3) is 4.47. The van der Waals surface area contributed by atoms with Crippen molar-refractivity contribution in [3.63, 3.8) is 0 Å². The van der Waals surface area contributed by atoms with Crippen molar-refractivity contribution < 1.29 is 24.2 Å². The van der Waals surface area contributed by atoms with Gasteiger partial charge < -0.3 is 19.5 Å². The third-order valence-corrected chi connectivity index (χ3v) is 6.84. The zero-order valence-corrected chi connectivity index (χ0v) is 20.1. The number of ketones is 1. The number of likely N-dealkylation sites (tertiary alicyclic amines) is 1. The van der Waals surface area contributed by atoms with Crippen LogP contribution in [-0.2, 0) is 16.0 Å².